The van der Waals surface area contributed by atoms with Crippen LogP contribution in [0.5, 0.6) is 0 Å². The summed E-state index contributed by atoms with van der Waals surface area (Å²) in [4.78, 5) is 18.4. The second-order valence-corrected chi connectivity index (χ2v) is 6.47. The summed E-state index contributed by atoms with van der Waals surface area (Å²) in [5.74, 6) is 0.777. The molecule has 1 aliphatic rings. The molecule has 0 aliphatic carbocycles. The van der Waals surface area contributed by atoms with Crippen molar-refractivity contribution in [3.8, 4) is 0 Å². The van der Waals surface area contributed by atoms with E-state index < -0.39 is 0 Å². The maximum absolute atomic E-state index is 9.60. The molecule has 0 unspecified atom stereocenters. The van der Waals surface area contributed by atoms with E-state index in [2.05, 4.69) is 25.3 Å². The number of ether oxygens (including phenoxy) is 1. The summed E-state index contributed by atoms with van der Waals surface area (Å²) in [6.07, 6.45) is 2.30. The number of aryl methyl sites for hydroxylation is 2. The molecule has 1 saturated heterocycles. The Morgan fingerprint density at radius 3 is 2.18 bits per heavy atom. The van der Waals surface area contributed by atoms with E-state index in [1.165, 1.54) is 0 Å². The topological polar surface area (TPSA) is 76.1 Å². The number of hydrogen-bond acceptors (Lipinski definition) is 6. The fourth-order valence-corrected chi connectivity index (χ4v) is 2.08. The third-order valence-electron chi connectivity index (χ3n) is 3.06. The zero-order valence-corrected chi connectivity index (χ0v) is 14.3. The molecule has 0 bridgehead atoms. The first kappa shape index (κ1) is 18.4. The number of nitrogens with one attached hydrogen (secondary N) is 2. The van der Waals surface area contributed by atoms with Crippen LogP contribution in [-0.4, -0.2) is 41.2 Å². The van der Waals surface area contributed by atoms with Crippen LogP contribution in [0.15, 0.2) is 6.07 Å². The molecule has 2 heterocycles. The van der Waals surface area contributed by atoms with Crippen LogP contribution < -0.4 is 10.6 Å². The maximum Gasteiger partial charge on any atom is 0.293 e. The van der Waals surface area contributed by atoms with Crippen LogP contribution in [0, 0.1) is 13.8 Å². The largest absolute Gasteiger partial charge is 0.462 e. The minimum Gasteiger partial charge on any atom is -0.462 e. The molecule has 1 fully saturated rings. The Morgan fingerprint density at radius 1 is 1.23 bits per heavy atom. The Hall–Kier alpha value is -1.69. The van der Waals surface area contributed by atoms with E-state index in [1.807, 2.05) is 40.7 Å². The number of piperidine rings is 1. The molecule has 0 amide bonds. The van der Waals surface area contributed by atoms with Gasteiger partial charge in [-0.15, -0.1) is 0 Å². The van der Waals surface area contributed by atoms with Gasteiger partial charge in [-0.1, -0.05) is 0 Å². The highest BCUT2D eigenvalue weighted by Crippen LogP contribution is 2.10. The molecule has 1 aromatic rings. The predicted octanol–water partition coefficient (Wildman–Crippen LogP) is 2.22. The standard InChI is InChI=1S/C11H18N4.C5H10O2/c1-8-7-9(2)14-11(13-8)15-10-3-5-12-6-4-10;1-5(2,3)7-4-6/h7,10,12H,3-6H2,1-2H3,(H,13,14,15);4H,1-3H3. The quantitative estimate of drug-likeness (QED) is 0.834. The molecule has 2 N–H and O–H groups in total. The van der Waals surface area contributed by atoms with Gasteiger partial charge in [0.25, 0.3) is 6.47 Å². The van der Waals surface area contributed by atoms with Crippen molar-refractivity contribution in [2.24, 2.45) is 0 Å². The van der Waals surface area contributed by atoms with Crippen LogP contribution in [-0.2, 0) is 9.53 Å². The van der Waals surface area contributed by atoms with Crippen molar-refractivity contribution in [3.63, 3.8) is 0 Å². The van der Waals surface area contributed by atoms with Gasteiger partial charge in [0.1, 0.15) is 5.60 Å². The van der Waals surface area contributed by atoms with Gasteiger partial charge in [0.2, 0.25) is 5.95 Å². The van der Waals surface area contributed by atoms with Crippen LogP contribution >= 0.6 is 0 Å². The lowest BCUT2D eigenvalue weighted by atomic mass is 10.1. The van der Waals surface area contributed by atoms with Crippen molar-refractivity contribution in [2.75, 3.05) is 18.4 Å². The molecule has 6 heteroatoms. The number of anilines is 1. The van der Waals surface area contributed by atoms with Gasteiger partial charge >= 0.3 is 0 Å². The molecular formula is C16H28N4O2. The van der Waals surface area contributed by atoms with Gasteiger partial charge in [0.15, 0.2) is 0 Å². The van der Waals surface area contributed by atoms with E-state index in [0.29, 0.717) is 12.5 Å². The van der Waals surface area contributed by atoms with Crippen LogP contribution in [0.25, 0.3) is 0 Å². The van der Waals surface area contributed by atoms with Crippen molar-refractivity contribution in [1.82, 2.24) is 15.3 Å². The van der Waals surface area contributed by atoms with Gasteiger partial charge in [-0.3, -0.25) is 4.79 Å². The normalized spacial score (nSPS) is 15.5. The first-order valence-corrected chi connectivity index (χ1v) is 7.71. The van der Waals surface area contributed by atoms with E-state index in [4.69, 9.17) is 0 Å². The molecule has 22 heavy (non-hydrogen) atoms. The Balaban J connectivity index is 0.000000295. The van der Waals surface area contributed by atoms with Crippen LogP contribution in [0.4, 0.5) is 5.95 Å². The number of nitrogens with zero attached hydrogens (tertiary/aromatic N) is 2. The molecule has 0 atom stereocenters. The molecule has 124 valence electrons. The zero-order valence-electron chi connectivity index (χ0n) is 14.3. The fraction of sp³-hybridized carbons (Fsp3) is 0.688. The lowest BCUT2D eigenvalue weighted by molar-refractivity contribution is -0.138. The monoisotopic (exact) mass is 308 g/mol. The molecule has 1 aliphatic heterocycles. The van der Waals surface area contributed by atoms with E-state index in [0.717, 1.165) is 43.3 Å². The third kappa shape index (κ3) is 7.93. The minimum atomic E-state index is -0.318. The first-order valence-electron chi connectivity index (χ1n) is 7.71. The van der Waals surface area contributed by atoms with Gasteiger partial charge in [0, 0.05) is 17.4 Å². The van der Waals surface area contributed by atoms with Crippen LogP contribution in [0.2, 0.25) is 0 Å². The maximum atomic E-state index is 9.60. The average molecular weight is 308 g/mol. The van der Waals surface area contributed by atoms with Crippen LogP contribution in [0.1, 0.15) is 45.0 Å². The van der Waals surface area contributed by atoms with Gasteiger partial charge in [-0.2, -0.15) is 0 Å². The van der Waals surface area contributed by atoms with Gasteiger partial charge in [-0.25, -0.2) is 9.97 Å². The Kier molecular flexibility index (Phi) is 7.24. The van der Waals surface area contributed by atoms with Crippen molar-refractivity contribution < 1.29 is 9.53 Å². The second-order valence-electron chi connectivity index (χ2n) is 6.47. The van der Waals surface area contributed by atoms with E-state index in [9.17, 15) is 4.79 Å². The summed E-state index contributed by atoms with van der Waals surface area (Å²) in [7, 11) is 0. The van der Waals surface area contributed by atoms with Gasteiger partial charge < -0.3 is 15.4 Å². The molecule has 0 radical (unpaired) electrons. The summed E-state index contributed by atoms with van der Waals surface area (Å²) in [6.45, 7) is 12.1. The molecule has 1 aromatic heterocycles. The number of hydrogen-bond donors (Lipinski definition) is 2. The predicted molar refractivity (Wildman–Crippen MR) is 87.9 cm³/mol. The summed E-state index contributed by atoms with van der Waals surface area (Å²) < 4.78 is 4.55. The van der Waals surface area contributed by atoms with Crippen molar-refractivity contribution in [1.29, 1.82) is 0 Å². The average Bonchev–Trinajstić information content (AvgIpc) is 2.37. The van der Waals surface area contributed by atoms with E-state index in [1.54, 1.807) is 0 Å². The lowest BCUT2D eigenvalue weighted by Crippen LogP contribution is -2.35. The zero-order chi connectivity index (χ0) is 16.6. The van der Waals surface area contributed by atoms with Gasteiger partial charge in [0.05, 0.1) is 0 Å². The molecule has 0 aromatic carbocycles. The van der Waals surface area contributed by atoms with E-state index >= 15 is 0 Å². The second kappa shape index (κ2) is 8.68. The third-order valence-corrected chi connectivity index (χ3v) is 3.06. The highest BCUT2D eigenvalue weighted by molar-refractivity contribution is 5.37. The molecular weight excluding hydrogens is 280 g/mol. The highest BCUT2D eigenvalue weighted by atomic mass is 16.5. The Labute approximate surface area is 133 Å². The first-order chi connectivity index (χ1) is 10.3. The summed E-state index contributed by atoms with van der Waals surface area (Å²) in [5.41, 5.74) is 1.74. The smallest absolute Gasteiger partial charge is 0.293 e. The molecule has 6 nitrogen and oxygen atoms in total. The van der Waals surface area contributed by atoms with Crippen molar-refractivity contribution in [2.45, 2.75) is 59.1 Å². The minimum absolute atomic E-state index is 0.318. The summed E-state index contributed by atoms with van der Waals surface area (Å²) in [5, 5.41) is 6.74. The van der Waals surface area contributed by atoms with Crippen molar-refractivity contribution in [3.05, 3.63) is 17.5 Å². The van der Waals surface area contributed by atoms with Crippen LogP contribution in [0.3, 0.4) is 0 Å². The number of carbonyl (C=O) groups is 1. The number of rotatable bonds is 3. The van der Waals surface area contributed by atoms with Gasteiger partial charge in [-0.05, 0) is 66.6 Å². The summed E-state index contributed by atoms with van der Waals surface area (Å²) in [6, 6.07) is 2.51. The molecule has 0 saturated carbocycles. The number of carbonyl (C=O) groups excluding carboxylic acids is 1. The molecule has 0 spiro atoms. The highest BCUT2D eigenvalue weighted by Gasteiger charge is 2.13. The molecule has 2 rings (SSSR count). The Morgan fingerprint density at radius 2 is 1.77 bits per heavy atom. The SMILES string of the molecule is CC(C)(C)OC=O.Cc1cc(C)nc(NC2CCNCC2)n1. The van der Waals surface area contributed by atoms with Crippen molar-refractivity contribution >= 4 is 12.4 Å². The fourth-order valence-electron chi connectivity index (χ4n) is 2.08. The Bertz CT molecular complexity index is 445. The number of aromatic nitrogens is 2. The van der Waals surface area contributed by atoms with E-state index in [-0.39, 0.29) is 5.60 Å². The summed E-state index contributed by atoms with van der Waals surface area (Å²) >= 11 is 0. The lowest BCUT2D eigenvalue weighted by Gasteiger charge is -2.23.